The summed E-state index contributed by atoms with van der Waals surface area (Å²) >= 11 is 0. The van der Waals surface area contributed by atoms with Crippen molar-refractivity contribution in [3.63, 3.8) is 0 Å². The minimum atomic E-state index is 0.738. The van der Waals surface area contributed by atoms with Crippen molar-refractivity contribution in [1.82, 2.24) is 9.97 Å². The quantitative estimate of drug-likeness (QED) is 0.623. The van der Waals surface area contributed by atoms with Crippen molar-refractivity contribution >= 4 is 11.3 Å². The summed E-state index contributed by atoms with van der Waals surface area (Å²) in [4.78, 5) is 12.7. The molecule has 0 aliphatic heterocycles. The van der Waals surface area contributed by atoms with Crippen molar-refractivity contribution in [3.05, 3.63) is 66.5 Å². The number of benzene rings is 1. The van der Waals surface area contributed by atoms with Gasteiger partial charge >= 0.3 is 0 Å². The van der Waals surface area contributed by atoms with Crippen LogP contribution in [-0.2, 0) is 0 Å². The number of allylic oxidation sites excluding steroid dienone is 3. The fraction of sp³-hybridized carbons (Fsp3) is 0.167. The Morgan fingerprint density at radius 3 is 2.29 bits per heavy atom. The average Bonchev–Trinajstić information content (AvgIpc) is 2.53. The molecule has 0 spiro atoms. The Hall–Kier alpha value is -2.55. The van der Waals surface area contributed by atoms with Crippen LogP contribution in [-0.4, -0.2) is 22.7 Å². The van der Waals surface area contributed by atoms with Gasteiger partial charge in [0.25, 0.3) is 0 Å². The minimum absolute atomic E-state index is 0.738. The van der Waals surface area contributed by atoms with Crippen LogP contribution in [0.15, 0.2) is 60.4 Å². The zero-order valence-electron chi connectivity index (χ0n) is 12.7. The largest absolute Gasteiger partial charge is 0.293 e. The SMILES string of the molecule is C=C(/C=C\C(C)=NC)c1ccc(-c2ncc(C)cn2)cc1. The molecule has 0 radical (unpaired) electrons. The number of aromatic nitrogens is 2. The number of nitrogens with zero attached hydrogens (tertiary/aromatic N) is 3. The molecular weight excluding hydrogens is 258 g/mol. The molecule has 0 aliphatic rings. The maximum Gasteiger partial charge on any atom is 0.159 e. The van der Waals surface area contributed by atoms with E-state index in [-0.39, 0.29) is 0 Å². The maximum absolute atomic E-state index is 4.33. The van der Waals surface area contributed by atoms with Gasteiger partial charge in [0, 0.05) is 30.7 Å². The Kier molecular flexibility index (Phi) is 4.77. The van der Waals surface area contributed by atoms with Crippen LogP contribution in [0.3, 0.4) is 0 Å². The molecule has 1 aromatic carbocycles. The molecule has 1 heterocycles. The highest BCUT2D eigenvalue weighted by atomic mass is 14.9. The van der Waals surface area contributed by atoms with E-state index in [1.807, 2.05) is 62.7 Å². The fourth-order valence-corrected chi connectivity index (χ4v) is 1.77. The van der Waals surface area contributed by atoms with Crippen molar-refractivity contribution in [1.29, 1.82) is 0 Å². The molecule has 0 atom stereocenters. The summed E-state index contributed by atoms with van der Waals surface area (Å²) in [5.41, 5.74) is 5.06. The average molecular weight is 277 g/mol. The summed E-state index contributed by atoms with van der Waals surface area (Å²) < 4.78 is 0. The third-order valence-electron chi connectivity index (χ3n) is 3.17. The third kappa shape index (κ3) is 3.96. The maximum atomic E-state index is 4.33. The summed E-state index contributed by atoms with van der Waals surface area (Å²) in [5, 5.41) is 0. The smallest absolute Gasteiger partial charge is 0.159 e. The highest BCUT2D eigenvalue weighted by Crippen LogP contribution is 2.19. The number of hydrogen-bond donors (Lipinski definition) is 0. The minimum Gasteiger partial charge on any atom is -0.293 e. The second-order valence-electron chi connectivity index (χ2n) is 4.88. The van der Waals surface area contributed by atoms with Gasteiger partial charge in [0.1, 0.15) is 0 Å². The molecule has 0 amide bonds. The van der Waals surface area contributed by atoms with Gasteiger partial charge in [-0.25, -0.2) is 9.97 Å². The summed E-state index contributed by atoms with van der Waals surface area (Å²) in [6.07, 6.45) is 7.58. The standard InChI is InChI=1S/C18H19N3/c1-13-11-20-18(21-12-13)17-9-7-16(8-10-17)14(2)5-6-15(3)19-4/h5-12H,2H2,1,3-4H3/b6-5-,19-15?. The molecule has 0 unspecified atom stereocenters. The van der Waals surface area contributed by atoms with Crippen LogP contribution in [0, 0.1) is 6.92 Å². The van der Waals surface area contributed by atoms with Crippen LogP contribution < -0.4 is 0 Å². The highest BCUT2D eigenvalue weighted by Gasteiger charge is 2.01. The van der Waals surface area contributed by atoms with Gasteiger partial charge in [-0.3, -0.25) is 4.99 Å². The first-order chi connectivity index (χ1) is 10.1. The van der Waals surface area contributed by atoms with Crippen molar-refractivity contribution in [2.75, 3.05) is 7.05 Å². The molecule has 3 heteroatoms. The molecule has 0 bridgehead atoms. The van der Waals surface area contributed by atoms with Gasteiger partial charge < -0.3 is 0 Å². The number of aliphatic imine (C=N–C) groups is 1. The summed E-state index contributed by atoms with van der Waals surface area (Å²) in [6, 6.07) is 8.09. The van der Waals surface area contributed by atoms with E-state index < -0.39 is 0 Å². The first-order valence-corrected chi connectivity index (χ1v) is 6.80. The van der Waals surface area contributed by atoms with Gasteiger partial charge in [-0.05, 0) is 36.6 Å². The zero-order valence-corrected chi connectivity index (χ0v) is 12.7. The first kappa shape index (κ1) is 14.9. The van der Waals surface area contributed by atoms with Crippen LogP contribution in [0.1, 0.15) is 18.1 Å². The Balaban J connectivity index is 2.17. The molecule has 0 aliphatic carbocycles. The summed E-state index contributed by atoms with van der Waals surface area (Å²) in [5.74, 6) is 0.738. The molecule has 2 aromatic rings. The van der Waals surface area contributed by atoms with Crippen LogP contribution in [0.25, 0.3) is 17.0 Å². The molecule has 3 nitrogen and oxygen atoms in total. The van der Waals surface area contributed by atoms with Crippen molar-refractivity contribution in [3.8, 4) is 11.4 Å². The predicted molar refractivity (Wildman–Crippen MR) is 89.4 cm³/mol. The van der Waals surface area contributed by atoms with Crippen LogP contribution in [0.5, 0.6) is 0 Å². The van der Waals surface area contributed by atoms with E-state index in [0.29, 0.717) is 0 Å². The van der Waals surface area contributed by atoms with E-state index in [1.54, 1.807) is 7.05 Å². The lowest BCUT2D eigenvalue weighted by Crippen LogP contribution is -1.90. The Labute approximate surface area is 125 Å². The normalized spacial score (nSPS) is 11.9. The number of hydrogen-bond acceptors (Lipinski definition) is 3. The molecule has 2 rings (SSSR count). The Morgan fingerprint density at radius 1 is 1.10 bits per heavy atom. The Morgan fingerprint density at radius 2 is 1.71 bits per heavy atom. The van der Waals surface area contributed by atoms with Gasteiger partial charge in [-0.15, -0.1) is 0 Å². The lowest BCUT2D eigenvalue weighted by Gasteiger charge is -2.04. The van der Waals surface area contributed by atoms with E-state index in [1.165, 1.54) is 0 Å². The van der Waals surface area contributed by atoms with Gasteiger partial charge in [-0.2, -0.15) is 0 Å². The fourth-order valence-electron chi connectivity index (χ4n) is 1.77. The topological polar surface area (TPSA) is 38.1 Å². The number of aryl methyl sites for hydroxylation is 1. The van der Waals surface area contributed by atoms with Crippen molar-refractivity contribution in [2.45, 2.75) is 13.8 Å². The van der Waals surface area contributed by atoms with E-state index in [9.17, 15) is 0 Å². The lowest BCUT2D eigenvalue weighted by molar-refractivity contribution is 1.14. The van der Waals surface area contributed by atoms with E-state index in [0.717, 1.165) is 33.8 Å². The molecule has 1 aromatic heterocycles. The van der Waals surface area contributed by atoms with E-state index >= 15 is 0 Å². The van der Waals surface area contributed by atoms with Crippen LogP contribution >= 0.6 is 0 Å². The Bertz CT molecular complexity index is 677. The van der Waals surface area contributed by atoms with Gasteiger partial charge in [0.15, 0.2) is 5.82 Å². The molecule has 21 heavy (non-hydrogen) atoms. The third-order valence-corrected chi connectivity index (χ3v) is 3.17. The molecule has 106 valence electrons. The zero-order chi connectivity index (χ0) is 15.2. The molecular formula is C18H19N3. The second kappa shape index (κ2) is 6.75. The summed E-state index contributed by atoms with van der Waals surface area (Å²) in [7, 11) is 1.78. The number of rotatable bonds is 4. The molecule has 0 saturated carbocycles. The molecule has 0 saturated heterocycles. The predicted octanol–water partition coefficient (Wildman–Crippen LogP) is 4.11. The highest BCUT2D eigenvalue weighted by molar-refractivity contribution is 5.95. The van der Waals surface area contributed by atoms with Crippen molar-refractivity contribution < 1.29 is 0 Å². The lowest BCUT2D eigenvalue weighted by atomic mass is 10.0. The van der Waals surface area contributed by atoms with Gasteiger partial charge in [0.05, 0.1) is 0 Å². The van der Waals surface area contributed by atoms with E-state index in [2.05, 4.69) is 21.5 Å². The molecule has 0 N–H and O–H groups in total. The van der Waals surface area contributed by atoms with Gasteiger partial charge in [0.2, 0.25) is 0 Å². The monoisotopic (exact) mass is 277 g/mol. The molecule has 0 fully saturated rings. The second-order valence-corrected chi connectivity index (χ2v) is 4.88. The van der Waals surface area contributed by atoms with Crippen molar-refractivity contribution in [2.24, 2.45) is 4.99 Å². The summed E-state index contributed by atoms with van der Waals surface area (Å²) in [6.45, 7) is 8.01. The van der Waals surface area contributed by atoms with Crippen LogP contribution in [0.2, 0.25) is 0 Å². The first-order valence-electron chi connectivity index (χ1n) is 6.80. The van der Waals surface area contributed by atoms with Gasteiger partial charge in [-0.1, -0.05) is 36.9 Å². The van der Waals surface area contributed by atoms with E-state index in [4.69, 9.17) is 0 Å². The van der Waals surface area contributed by atoms with Crippen LogP contribution in [0.4, 0.5) is 0 Å².